The summed E-state index contributed by atoms with van der Waals surface area (Å²) in [5.41, 5.74) is 1.77. The molecule has 0 atom stereocenters. The minimum Gasteiger partial charge on any atom is -0.356 e. The lowest BCUT2D eigenvalue weighted by atomic mass is 10.1. The van der Waals surface area contributed by atoms with Crippen molar-refractivity contribution in [2.45, 2.75) is 6.54 Å². The molecule has 1 aromatic heterocycles. The first-order valence-corrected chi connectivity index (χ1v) is 6.46. The molecular formula is C14H16FN3O. The van der Waals surface area contributed by atoms with Crippen molar-refractivity contribution in [1.29, 1.82) is 0 Å². The van der Waals surface area contributed by atoms with E-state index in [4.69, 9.17) is 4.52 Å². The van der Waals surface area contributed by atoms with E-state index in [9.17, 15) is 4.39 Å². The van der Waals surface area contributed by atoms with E-state index in [0.717, 1.165) is 44.0 Å². The Labute approximate surface area is 111 Å². The number of nitrogens with one attached hydrogen (secondary N) is 1. The van der Waals surface area contributed by atoms with E-state index >= 15 is 0 Å². The minimum atomic E-state index is -0.246. The molecule has 4 nitrogen and oxygen atoms in total. The summed E-state index contributed by atoms with van der Waals surface area (Å²) in [5, 5.41) is 7.39. The van der Waals surface area contributed by atoms with Gasteiger partial charge in [-0.15, -0.1) is 0 Å². The number of benzene rings is 1. The number of hydrogen-bond donors (Lipinski definition) is 1. The van der Waals surface area contributed by atoms with Crippen LogP contribution in [0.5, 0.6) is 0 Å². The van der Waals surface area contributed by atoms with Crippen LogP contribution in [0.4, 0.5) is 4.39 Å². The molecule has 1 aliphatic heterocycles. The van der Waals surface area contributed by atoms with E-state index in [1.54, 1.807) is 12.1 Å². The van der Waals surface area contributed by atoms with E-state index in [1.807, 2.05) is 6.07 Å². The molecule has 5 heteroatoms. The first-order valence-electron chi connectivity index (χ1n) is 6.46. The van der Waals surface area contributed by atoms with E-state index < -0.39 is 0 Å². The predicted octanol–water partition coefficient (Wildman–Crippen LogP) is 1.89. The Morgan fingerprint density at radius 2 is 1.95 bits per heavy atom. The van der Waals surface area contributed by atoms with Gasteiger partial charge in [-0.05, 0) is 24.3 Å². The molecule has 100 valence electrons. The highest BCUT2D eigenvalue weighted by atomic mass is 19.1. The van der Waals surface area contributed by atoms with Crippen molar-refractivity contribution in [3.05, 3.63) is 41.8 Å². The van der Waals surface area contributed by atoms with Crippen LogP contribution in [0.25, 0.3) is 11.3 Å². The van der Waals surface area contributed by atoms with Crippen molar-refractivity contribution in [3.63, 3.8) is 0 Å². The first-order chi connectivity index (χ1) is 9.31. The van der Waals surface area contributed by atoms with Crippen LogP contribution in [-0.4, -0.2) is 36.2 Å². The zero-order valence-electron chi connectivity index (χ0n) is 10.6. The van der Waals surface area contributed by atoms with Crippen molar-refractivity contribution in [3.8, 4) is 11.3 Å². The lowest BCUT2D eigenvalue weighted by molar-refractivity contribution is 0.227. The summed E-state index contributed by atoms with van der Waals surface area (Å²) in [7, 11) is 0. The zero-order chi connectivity index (χ0) is 13.1. The second kappa shape index (κ2) is 5.50. The van der Waals surface area contributed by atoms with Crippen molar-refractivity contribution in [1.82, 2.24) is 15.4 Å². The van der Waals surface area contributed by atoms with Gasteiger partial charge < -0.3 is 9.84 Å². The first kappa shape index (κ1) is 12.3. The third-order valence-corrected chi connectivity index (χ3v) is 3.28. The molecular weight excluding hydrogens is 245 g/mol. The third-order valence-electron chi connectivity index (χ3n) is 3.28. The molecule has 1 aliphatic rings. The summed E-state index contributed by atoms with van der Waals surface area (Å²) in [6, 6.07) is 8.17. The van der Waals surface area contributed by atoms with Gasteiger partial charge in [0.2, 0.25) is 0 Å². The lowest BCUT2D eigenvalue weighted by Crippen LogP contribution is -2.42. The molecule has 1 aromatic carbocycles. The largest absolute Gasteiger partial charge is 0.356 e. The Morgan fingerprint density at radius 3 is 2.68 bits per heavy atom. The average Bonchev–Trinajstić information content (AvgIpc) is 2.89. The Balaban J connectivity index is 1.70. The molecule has 19 heavy (non-hydrogen) atoms. The van der Waals surface area contributed by atoms with E-state index in [2.05, 4.69) is 15.4 Å². The van der Waals surface area contributed by atoms with E-state index in [-0.39, 0.29) is 5.82 Å². The van der Waals surface area contributed by atoms with Gasteiger partial charge >= 0.3 is 0 Å². The number of halogens is 1. The van der Waals surface area contributed by atoms with Crippen molar-refractivity contribution in [2.24, 2.45) is 0 Å². The van der Waals surface area contributed by atoms with Crippen molar-refractivity contribution < 1.29 is 8.91 Å². The quantitative estimate of drug-likeness (QED) is 0.916. The number of aromatic nitrogens is 1. The molecule has 0 saturated carbocycles. The third kappa shape index (κ3) is 3.00. The molecule has 1 fully saturated rings. The van der Waals surface area contributed by atoms with Crippen LogP contribution in [0.15, 0.2) is 34.9 Å². The summed E-state index contributed by atoms with van der Waals surface area (Å²) in [6.07, 6.45) is 0. The Hall–Kier alpha value is -1.72. The Morgan fingerprint density at radius 1 is 1.21 bits per heavy atom. The van der Waals surface area contributed by atoms with Gasteiger partial charge in [0.15, 0.2) is 5.76 Å². The monoisotopic (exact) mass is 261 g/mol. The molecule has 3 rings (SSSR count). The fourth-order valence-corrected chi connectivity index (χ4v) is 2.23. The van der Waals surface area contributed by atoms with Gasteiger partial charge in [-0.3, -0.25) is 4.90 Å². The van der Waals surface area contributed by atoms with Gasteiger partial charge in [-0.25, -0.2) is 4.39 Å². The standard InChI is InChI=1S/C14H16FN3O/c15-12-3-1-11(2-4-12)14-9-13(17-19-14)10-18-7-5-16-6-8-18/h1-4,9,16H,5-8,10H2. The molecule has 0 spiro atoms. The van der Waals surface area contributed by atoms with Gasteiger partial charge in [-0.1, -0.05) is 5.16 Å². The minimum absolute atomic E-state index is 0.246. The SMILES string of the molecule is Fc1ccc(-c2cc(CN3CCNCC3)no2)cc1. The molecule has 0 amide bonds. The average molecular weight is 261 g/mol. The summed E-state index contributed by atoms with van der Waals surface area (Å²) >= 11 is 0. The summed E-state index contributed by atoms with van der Waals surface area (Å²) < 4.78 is 18.2. The highest BCUT2D eigenvalue weighted by Gasteiger charge is 2.13. The molecule has 0 radical (unpaired) electrons. The summed E-state index contributed by atoms with van der Waals surface area (Å²) in [4.78, 5) is 2.34. The van der Waals surface area contributed by atoms with Gasteiger partial charge in [0.1, 0.15) is 5.82 Å². The normalized spacial score (nSPS) is 16.7. The number of nitrogens with zero attached hydrogens (tertiary/aromatic N) is 2. The van der Waals surface area contributed by atoms with Gasteiger partial charge in [0, 0.05) is 44.4 Å². The number of hydrogen-bond acceptors (Lipinski definition) is 4. The summed E-state index contributed by atoms with van der Waals surface area (Å²) in [6.45, 7) is 4.88. The number of piperazine rings is 1. The van der Waals surface area contributed by atoms with Crippen LogP contribution in [0.3, 0.4) is 0 Å². The molecule has 2 heterocycles. The molecule has 0 bridgehead atoms. The maximum atomic E-state index is 12.9. The summed E-state index contributed by atoms with van der Waals surface area (Å²) in [5.74, 6) is 0.439. The van der Waals surface area contributed by atoms with Gasteiger partial charge in [-0.2, -0.15) is 0 Å². The fraction of sp³-hybridized carbons (Fsp3) is 0.357. The fourth-order valence-electron chi connectivity index (χ4n) is 2.23. The highest BCUT2D eigenvalue weighted by Crippen LogP contribution is 2.21. The number of rotatable bonds is 3. The molecule has 0 unspecified atom stereocenters. The lowest BCUT2D eigenvalue weighted by Gasteiger charge is -2.25. The van der Waals surface area contributed by atoms with E-state index in [1.165, 1.54) is 12.1 Å². The van der Waals surface area contributed by atoms with Crippen LogP contribution in [0, 0.1) is 5.82 Å². The maximum absolute atomic E-state index is 12.9. The molecule has 2 aromatic rings. The van der Waals surface area contributed by atoms with Crippen LogP contribution < -0.4 is 5.32 Å². The van der Waals surface area contributed by atoms with Crippen LogP contribution in [0.1, 0.15) is 5.69 Å². The second-order valence-electron chi connectivity index (χ2n) is 4.72. The topological polar surface area (TPSA) is 41.3 Å². The van der Waals surface area contributed by atoms with Crippen LogP contribution >= 0.6 is 0 Å². The van der Waals surface area contributed by atoms with E-state index in [0.29, 0.717) is 5.76 Å². The maximum Gasteiger partial charge on any atom is 0.167 e. The Kier molecular flexibility index (Phi) is 3.57. The van der Waals surface area contributed by atoms with Gasteiger partial charge in [0.05, 0.1) is 5.69 Å². The Bertz CT molecular complexity index is 532. The predicted molar refractivity (Wildman–Crippen MR) is 70.0 cm³/mol. The molecule has 1 N–H and O–H groups in total. The smallest absolute Gasteiger partial charge is 0.167 e. The van der Waals surface area contributed by atoms with Crippen molar-refractivity contribution in [2.75, 3.05) is 26.2 Å². The zero-order valence-corrected chi connectivity index (χ0v) is 10.6. The van der Waals surface area contributed by atoms with Crippen LogP contribution in [0.2, 0.25) is 0 Å². The molecule has 0 aliphatic carbocycles. The second-order valence-corrected chi connectivity index (χ2v) is 4.72. The van der Waals surface area contributed by atoms with Crippen LogP contribution in [-0.2, 0) is 6.54 Å². The highest BCUT2D eigenvalue weighted by molar-refractivity contribution is 5.56. The molecule has 1 saturated heterocycles. The van der Waals surface area contributed by atoms with Crippen molar-refractivity contribution >= 4 is 0 Å². The van der Waals surface area contributed by atoms with Gasteiger partial charge in [0.25, 0.3) is 0 Å².